The molecular formula is C16H23N3O. The van der Waals surface area contributed by atoms with E-state index in [0.717, 1.165) is 12.1 Å². The molecule has 1 aromatic rings. The highest BCUT2D eigenvalue weighted by Gasteiger charge is 2.15. The van der Waals surface area contributed by atoms with Crippen molar-refractivity contribution in [2.75, 3.05) is 26.7 Å². The number of nitriles is 1. The van der Waals surface area contributed by atoms with Crippen LogP contribution in [0.2, 0.25) is 0 Å². The summed E-state index contributed by atoms with van der Waals surface area (Å²) in [5, 5.41) is 8.85. The first-order valence-corrected chi connectivity index (χ1v) is 6.96. The molecule has 108 valence electrons. The van der Waals surface area contributed by atoms with E-state index in [1.165, 1.54) is 0 Å². The Hall–Kier alpha value is -1.86. The van der Waals surface area contributed by atoms with Crippen LogP contribution in [-0.4, -0.2) is 42.4 Å². The molecule has 0 bridgehead atoms. The predicted molar refractivity (Wildman–Crippen MR) is 79.8 cm³/mol. The lowest BCUT2D eigenvalue weighted by molar-refractivity contribution is -0.131. The van der Waals surface area contributed by atoms with Crippen LogP contribution in [0, 0.1) is 17.2 Å². The highest BCUT2D eigenvalue weighted by Crippen LogP contribution is 2.04. The fourth-order valence-electron chi connectivity index (χ4n) is 1.99. The fraction of sp³-hybridized carbons (Fsp3) is 0.500. The van der Waals surface area contributed by atoms with Crippen LogP contribution in [0.25, 0.3) is 0 Å². The summed E-state index contributed by atoms with van der Waals surface area (Å²) in [5.41, 5.74) is 1.12. The Kier molecular flexibility index (Phi) is 6.75. The zero-order valence-electron chi connectivity index (χ0n) is 12.5. The van der Waals surface area contributed by atoms with Crippen molar-refractivity contribution in [2.45, 2.75) is 20.4 Å². The number of hydrogen-bond donors (Lipinski definition) is 0. The van der Waals surface area contributed by atoms with Crippen LogP contribution >= 0.6 is 0 Å². The lowest BCUT2D eigenvalue weighted by Gasteiger charge is -2.24. The smallest absolute Gasteiger partial charge is 0.236 e. The van der Waals surface area contributed by atoms with E-state index in [1.54, 1.807) is 4.90 Å². The average Bonchev–Trinajstić information content (AvgIpc) is 2.47. The van der Waals surface area contributed by atoms with Crippen LogP contribution < -0.4 is 0 Å². The first kappa shape index (κ1) is 16.2. The minimum atomic E-state index is -0.0535. The molecule has 0 aromatic heterocycles. The molecule has 0 heterocycles. The van der Waals surface area contributed by atoms with E-state index in [1.807, 2.05) is 56.1 Å². The molecule has 1 rings (SSSR count). The second kappa shape index (κ2) is 8.34. The zero-order chi connectivity index (χ0) is 15.0. The standard InChI is InChI=1S/C16H23N3O/c1-4-19(11-14(2)10-17)13-16(20)18(3)12-15-8-6-5-7-9-15/h5-9,14H,4,11-13H2,1-3H3/t14-/m0/s1. The molecule has 1 aromatic carbocycles. The maximum atomic E-state index is 12.2. The molecule has 0 aliphatic rings. The van der Waals surface area contributed by atoms with Crippen molar-refractivity contribution in [3.63, 3.8) is 0 Å². The first-order valence-electron chi connectivity index (χ1n) is 6.96. The van der Waals surface area contributed by atoms with Gasteiger partial charge >= 0.3 is 0 Å². The van der Waals surface area contributed by atoms with Gasteiger partial charge in [0.1, 0.15) is 0 Å². The molecule has 4 heteroatoms. The van der Waals surface area contributed by atoms with Crippen LogP contribution in [0.4, 0.5) is 0 Å². The van der Waals surface area contributed by atoms with Gasteiger partial charge in [-0.1, -0.05) is 37.3 Å². The van der Waals surface area contributed by atoms with Gasteiger partial charge < -0.3 is 4.90 Å². The van der Waals surface area contributed by atoms with Crippen molar-refractivity contribution < 1.29 is 4.79 Å². The van der Waals surface area contributed by atoms with Gasteiger partial charge in [0.25, 0.3) is 0 Å². The third-order valence-electron chi connectivity index (χ3n) is 3.25. The van der Waals surface area contributed by atoms with Gasteiger partial charge in [0.2, 0.25) is 5.91 Å². The molecule has 0 saturated carbocycles. The number of carbonyl (C=O) groups excluding carboxylic acids is 1. The van der Waals surface area contributed by atoms with Crippen molar-refractivity contribution >= 4 is 5.91 Å². The van der Waals surface area contributed by atoms with Crippen molar-refractivity contribution in [1.29, 1.82) is 5.26 Å². The molecule has 0 aliphatic heterocycles. The minimum absolute atomic E-state index is 0.0535. The zero-order valence-corrected chi connectivity index (χ0v) is 12.5. The van der Waals surface area contributed by atoms with Gasteiger partial charge in [0, 0.05) is 20.1 Å². The fourth-order valence-corrected chi connectivity index (χ4v) is 1.99. The largest absolute Gasteiger partial charge is 0.340 e. The van der Waals surface area contributed by atoms with E-state index in [4.69, 9.17) is 5.26 Å². The molecular weight excluding hydrogens is 250 g/mol. The van der Waals surface area contributed by atoms with E-state index in [-0.39, 0.29) is 11.8 Å². The molecule has 0 spiro atoms. The summed E-state index contributed by atoms with van der Waals surface area (Å²) in [6.07, 6.45) is 0. The Bertz CT molecular complexity index is 453. The number of carbonyl (C=O) groups is 1. The Morgan fingerprint density at radius 3 is 2.55 bits per heavy atom. The molecule has 0 fully saturated rings. The highest BCUT2D eigenvalue weighted by molar-refractivity contribution is 5.78. The highest BCUT2D eigenvalue weighted by atomic mass is 16.2. The van der Waals surface area contributed by atoms with Gasteiger partial charge in [-0.25, -0.2) is 0 Å². The molecule has 0 saturated heterocycles. The number of rotatable bonds is 7. The Labute approximate surface area is 121 Å². The Morgan fingerprint density at radius 2 is 2.00 bits per heavy atom. The normalized spacial score (nSPS) is 11.9. The number of likely N-dealkylation sites (N-methyl/N-ethyl adjacent to an activating group) is 2. The van der Waals surface area contributed by atoms with E-state index < -0.39 is 0 Å². The van der Waals surface area contributed by atoms with Gasteiger partial charge in [-0.05, 0) is 19.0 Å². The lowest BCUT2D eigenvalue weighted by Crippen LogP contribution is -2.39. The third-order valence-corrected chi connectivity index (χ3v) is 3.25. The van der Waals surface area contributed by atoms with Gasteiger partial charge in [-0.2, -0.15) is 5.26 Å². The first-order chi connectivity index (χ1) is 9.56. The summed E-state index contributed by atoms with van der Waals surface area (Å²) in [4.78, 5) is 15.9. The average molecular weight is 273 g/mol. The number of amides is 1. The van der Waals surface area contributed by atoms with Crippen LogP contribution in [0.1, 0.15) is 19.4 Å². The molecule has 4 nitrogen and oxygen atoms in total. The molecule has 0 unspecified atom stereocenters. The summed E-state index contributed by atoms with van der Waals surface area (Å²) < 4.78 is 0. The second-order valence-corrected chi connectivity index (χ2v) is 5.09. The van der Waals surface area contributed by atoms with Crippen LogP contribution in [-0.2, 0) is 11.3 Å². The van der Waals surface area contributed by atoms with Crippen molar-refractivity contribution in [2.24, 2.45) is 5.92 Å². The summed E-state index contributed by atoms with van der Waals surface area (Å²) in [7, 11) is 1.82. The topological polar surface area (TPSA) is 47.3 Å². The lowest BCUT2D eigenvalue weighted by atomic mass is 10.2. The molecule has 1 atom stereocenters. The maximum absolute atomic E-state index is 12.2. The summed E-state index contributed by atoms with van der Waals surface area (Å²) >= 11 is 0. The van der Waals surface area contributed by atoms with Gasteiger partial charge in [0.15, 0.2) is 0 Å². The van der Waals surface area contributed by atoms with Crippen LogP contribution in [0.15, 0.2) is 30.3 Å². The molecule has 0 N–H and O–H groups in total. The minimum Gasteiger partial charge on any atom is -0.340 e. The molecule has 0 aliphatic carbocycles. The van der Waals surface area contributed by atoms with Crippen molar-refractivity contribution in [3.8, 4) is 6.07 Å². The van der Waals surface area contributed by atoms with E-state index in [0.29, 0.717) is 19.6 Å². The second-order valence-electron chi connectivity index (χ2n) is 5.09. The van der Waals surface area contributed by atoms with Crippen LogP contribution in [0.3, 0.4) is 0 Å². The molecule has 20 heavy (non-hydrogen) atoms. The van der Waals surface area contributed by atoms with Gasteiger partial charge in [0.05, 0.1) is 18.5 Å². The Balaban J connectivity index is 2.50. The summed E-state index contributed by atoms with van der Waals surface area (Å²) in [6.45, 7) is 6.28. The maximum Gasteiger partial charge on any atom is 0.236 e. The predicted octanol–water partition coefficient (Wildman–Crippen LogP) is 2.13. The molecule has 0 radical (unpaired) electrons. The van der Waals surface area contributed by atoms with Crippen molar-refractivity contribution in [1.82, 2.24) is 9.80 Å². The number of hydrogen-bond acceptors (Lipinski definition) is 3. The number of benzene rings is 1. The van der Waals surface area contributed by atoms with E-state index in [2.05, 4.69) is 6.07 Å². The SMILES string of the molecule is CCN(CC(=O)N(C)Cc1ccccc1)C[C@@H](C)C#N. The third kappa shape index (κ3) is 5.41. The van der Waals surface area contributed by atoms with Crippen molar-refractivity contribution in [3.05, 3.63) is 35.9 Å². The van der Waals surface area contributed by atoms with Crippen LogP contribution in [0.5, 0.6) is 0 Å². The number of nitrogens with zero attached hydrogens (tertiary/aromatic N) is 3. The van der Waals surface area contributed by atoms with Gasteiger partial charge in [-0.15, -0.1) is 0 Å². The van der Waals surface area contributed by atoms with E-state index >= 15 is 0 Å². The van der Waals surface area contributed by atoms with Gasteiger partial charge in [-0.3, -0.25) is 9.69 Å². The monoisotopic (exact) mass is 273 g/mol. The summed E-state index contributed by atoms with van der Waals surface area (Å²) in [5.74, 6) is 0.0306. The van der Waals surface area contributed by atoms with E-state index in [9.17, 15) is 4.79 Å². The summed E-state index contributed by atoms with van der Waals surface area (Å²) in [6, 6.07) is 12.1. The quantitative estimate of drug-likeness (QED) is 0.764. The Morgan fingerprint density at radius 1 is 1.35 bits per heavy atom. The molecule has 1 amide bonds.